The van der Waals surface area contributed by atoms with Gasteiger partial charge in [-0.2, -0.15) is 4.31 Å². The second-order valence-corrected chi connectivity index (χ2v) is 9.89. The number of piperazine rings is 2. The number of benzene rings is 1. The standard InChI is InChI=1S/C20H26F2N6O2S/c1-25-6-8-26(9-7-25)19-4-5-20(24-23-19)27-10-12-28(13-11-27)31(29,30)15-16-14-17(21)2-3-18(16)22/h2-5,14H,6-13,15H2,1H3. The second kappa shape index (κ2) is 9.01. The van der Waals surface area contributed by atoms with Crippen molar-refractivity contribution in [3.8, 4) is 0 Å². The van der Waals surface area contributed by atoms with E-state index in [0.717, 1.165) is 50.2 Å². The number of hydrogen-bond donors (Lipinski definition) is 0. The molecular formula is C20H26F2N6O2S. The zero-order chi connectivity index (χ0) is 22.0. The molecule has 0 saturated carbocycles. The van der Waals surface area contributed by atoms with Crippen LogP contribution in [0.2, 0.25) is 0 Å². The highest BCUT2D eigenvalue weighted by atomic mass is 32.2. The molecule has 168 valence electrons. The van der Waals surface area contributed by atoms with Crippen LogP contribution in [0.5, 0.6) is 0 Å². The zero-order valence-electron chi connectivity index (χ0n) is 17.4. The maximum Gasteiger partial charge on any atom is 0.218 e. The monoisotopic (exact) mass is 452 g/mol. The number of rotatable bonds is 5. The van der Waals surface area contributed by atoms with E-state index in [-0.39, 0.29) is 18.7 Å². The highest BCUT2D eigenvalue weighted by Gasteiger charge is 2.29. The minimum absolute atomic E-state index is 0.159. The van der Waals surface area contributed by atoms with Crippen LogP contribution < -0.4 is 9.80 Å². The third-order valence-electron chi connectivity index (χ3n) is 5.77. The number of halogens is 2. The van der Waals surface area contributed by atoms with Crippen LogP contribution in [0.25, 0.3) is 0 Å². The molecule has 0 N–H and O–H groups in total. The van der Waals surface area contributed by atoms with Gasteiger partial charge in [-0.15, -0.1) is 10.2 Å². The molecule has 8 nitrogen and oxygen atoms in total. The van der Waals surface area contributed by atoms with Crippen molar-refractivity contribution in [3.63, 3.8) is 0 Å². The number of hydrogen-bond acceptors (Lipinski definition) is 7. The molecule has 0 bridgehead atoms. The smallest absolute Gasteiger partial charge is 0.218 e. The van der Waals surface area contributed by atoms with Gasteiger partial charge in [0.1, 0.15) is 11.6 Å². The average Bonchev–Trinajstić information content (AvgIpc) is 2.77. The van der Waals surface area contributed by atoms with Gasteiger partial charge in [-0.1, -0.05) is 0 Å². The Hall–Kier alpha value is -2.37. The van der Waals surface area contributed by atoms with E-state index >= 15 is 0 Å². The molecule has 2 aliphatic rings. The first-order valence-electron chi connectivity index (χ1n) is 10.3. The second-order valence-electron chi connectivity index (χ2n) is 7.92. The van der Waals surface area contributed by atoms with Crippen molar-refractivity contribution < 1.29 is 17.2 Å². The van der Waals surface area contributed by atoms with Gasteiger partial charge in [0.2, 0.25) is 10.0 Å². The summed E-state index contributed by atoms with van der Waals surface area (Å²) in [4.78, 5) is 6.46. The summed E-state index contributed by atoms with van der Waals surface area (Å²) < 4.78 is 53.9. The van der Waals surface area contributed by atoms with Gasteiger partial charge in [0.25, 0.3) is 0 Å². The van der Waals surface area contributed by atoms with E-state index in [2.05, 4.69) is 27.0 Å². The largest absolute Gasteiger partial charge is 0.353 e. The average molecular weight is 453 g/mol. The molecule has 0 spiro atoms. The van der Waals surface area contributed by atoms with Crippen LogP contribution in [0.15, 0.2) is 30.3 Å². The van der Waals surface area contributed by atoms with Crippen molar-refractivity contribution in [3.05, 3.63) is 47.5 Å². The van der Waals surface area contributed by atoms with Crippen molar-refractivity contribution >= 4 is 21.7 Å². The molecular weight excluding hydrogens is 426 g/mol. The van der Waals surface area contributed by atoms with Crippen LogP contribution in [0.1, 0.15) is 5.56 Å². The molecule has 1 aromatic carbocycles. The Morgan fingerprint density at radius 1 is 0.839 bits per heavy atom. The Kier molecular flexibility index (Phi) is 6.35. The quantitative estimate of drug-likeness (QED) is 0.674. The Morgan fingerprint density at radius 2 is 1.39 bits per heavy atom. The van der Waals surface area contributed by atoms with Gasteiger partial charge in [-0.3, -0.25) is 0 Å². The van der Waals surface area contributed by atoms with Crippen molar-refractivity contribution in [2.24, 2.45) is 0 Å². The first-order valence-corrected chi connectivity index (χ1v) is 11.9. The molecule has 2 aromatic rings. The van der Waals surface area contributed by atoms with Crippen LogP contribution >= 0.6 is 0 Å². The van der Waals surface area contributed by atoms with Gasteiger partial charge >= 0.3 is 0 Å². The van der Waals surface area contributed by atoms with E-state index in [1.54, 1.807) is 0 Å². The summed E-state index contributed by atoms with van der Waals surface area (Å²) in [5.41, 5.74) is -0.159. The summed E-state index contributed by atoms with van der Waals surface area (Å²) in [6, 6.07) is 6.71. The molecule has 0 radical (unpaired) electrons. The summed E-state index contributed by atoms with van der Waals surface area (Å²) in [5.74, 6) is -0.397. The van der Waals surface area contributed by atoms with Crippen LogP contribution in [0.4, 0.5) is 20.4 Å². The molecule has 1 aromatic heterocycles. The van der Waals surface area contributed by atoms with Gasteiger partial charge < -0.3 is 14.7 Å². The van der Waals surface area contributed by atoms with Crippen LogP contribution in [0, 0.1) is 11.6 Å². The van der Waals surface area contributed by atoms with Crippen LogP contribution in [-0.4, -0.2) is 87.2 Å². The maximum atomic E-state index is 13.9. The highest BCUT2D eigenvalue weighted by Crippen LogP contribution is 2.21. The van der Waals surface area contributed by atoms with Crippen LogP contribution in [0.3, 0.4) is 0 Å². The third-order valence-corrected chi connectivity index (χ3v) is 7.59. The third kappa shape index (κ3) is 5.10. The fourth-order valence-corrected chi connectivity index (χ4v) is 5.34. The fourth-order valence-electron chi connectivity index (χ4n) is 3.83. The summed E-state index contributed by atoms with van der Waals surface area (Å²) in [6.45, 7) is 5.20. The molecule has 0 atom stereocenters. The lowest BCUT2D eigenvalue weighted by Gasteiger charge is -2.35. The SMILES string of the molecule is CN1CCN(c2ccc(N3CCN(S(=O)(=O)Cc4cc(F)ccc4F)CC3)nn2)CC1. The lowest BCUT2D eigenvalue weighted by atomic mass is 10.2. The number of anilines is 2. The first-order chi connectivity index (χ1) is 14.8. The molecule has 3 heterocycles. The van der Waals surface area contributed by atoms with Crippen molar-refractivity contribution in [1.82, 2.24) is 19.4 Å². The molecule has 0 amide bonds. The summed E-state index contributed by atoms with van der Waals surface area (Å²) in [7, 11) is -1.66. The molecule has 2 saturated heterocycles. The Balaban J connectivity index is 1.35. The molecule has 31 heavy (non-hydrogen) atoms. The van der Waals surface area contributed by atoms with E-state index in [9.17, 15) is 17.2 Å². The van der Waals surface area contributed by atoms with Crippen molar-refractivity contribution in [2.75, 3.05) is 69.2 Å². The molecule has 2 fully saturated rings. The first kappa shape index (κ1) is 21.8. The molecule has 2 aliphatic heterocycles. The summed E-state index contributed by atoms with van der Waals surface area (Å²) >= 11 is 0. The van der Waals surface area contributed by atoms with E-state index in [1.807, 2.05) is 17.0 Å². The number of sulfonamides is 1. The van der Waals surface area contributed by atoms with Gasteiger partial charge in [0.05, 0.1) is 5.75 Å². The van der Waals surface area contributed by atoms with Gasteiger partial charge in [-0.25, -0.2) is 17.2 Å². The molecule has 11 heteroatoms. The minimum Gasteiger partial charge on any atom is -0.353 e. The fraction of sp³-hybridized carbons (Fsp3) is 0.500. The molecule has 4 rings (SSSR count). The van der Waals surface area contributed by atoms with Crippen molar-refractivity contribution in [1.29, 1.82) is 0 Å². The maximum absolute atomic E-state index is 13.9. The Morgan fingerprint density at radius 3 is 1.94 bits per heavy atom. The van der Waals surface area contributed by atoms with E-state index in [1.165, 1.54) is 4.31 Å². The van der Waals surface area contributed by atoms with E-state index < -0.39 is 27.4 Å². The summed E-state index contributed by atoms with van der Waals surface area (Å²) in [6.07, 6.45) is 0. The predicted molar refractivity (Wildman–Crippen MR) is 115 cm³/mol. The van der Waals surface area contributed by atoms with Gasteiger partial charge in [-0.05, 0) is 37.4 Å². The van der Waals surface area contributed by atoms with Gasteiger partial charge in [0, 0.05) is 57.9 Å². The normalized spacial score (nSPS) is 19.1. The Bertz CT molecular complexity index is 1000. The summed E-state index contributed by atoms with van der Waals surface area (Å²) in [5, 5.41) is 8.69. The topological polar surface area (TPSA) is 72.9 Å². The molecule has 0 unspecified atom stereocenters. The number of likely N-dealkylation sites (N-methyl/N-ethyl adjacent to an activating group) is 1. The van der Waals surface area contributed by atoms with Gasteiger partial charge in [0.15, 0.2) is 11.6 Å². The molecule has 0 aliphatic carbocycles. The van der Waals surface area contributed by atoms with Crippen LogP contribution in [-0.2, 0) is 15.8 Å². The zero-order valence-corrected chi connectivity index (χ0v) is 18.2. The lowest BCUT2D eigenvalue weighted by Crippen LogP contribution is -2.49. The number of aromatic nitrogens is 2. The Labute approximate surface area is 181 Å². The minimum atomic E-state index is -3.75. The van der Waals surface area contributed by atoms with Crippen molar-refractivity contribution in [2.45, 2.75) is 5.75 Å². The lowest BCUT2D eigenvalue weighted by molar-refractivity contribution is 0.312. The van der Waals surface area contributed by atoms with E-state index in [0.29, 0.717) is 18.9 Å². The highest BCUT2D eigenvalue weighted by molar-refractivity contribution is 7.88. The predicted octanol–water partition coefficient (Wildman–Crippen LogP) is 1.16. The number of nitrogens with zero attached hydrogens (tertiary/aromatic N) is 6. The van der Waals surface area contributed by atoms with E-state index in [4.69, 9.17) is 0 Å².